The molecule has 0 saturated carbocycles. The third kappa shape index (κ3) is 0.775. The average molecular weight is 137 g/mol. The molecule has 1 aromatic rings. The molecule has 0 aromatic carbocycles. The first-order valence-corrected chi connectivity index (χ1v) is 3.14. The van der Waals surface area contributed by atoms with Gasteiger partial charge < -0.3 is 10.1 Å². The summed E-state index contributed by atoms with van der Waals surface area (Å²) in [6.07, 6.45) is 3.26. The lowest BCUT2D eigenvalue weighted by molar-refractivity contribution is 0.308. The second-order valence-electron chi connectivity index (χ2n) is 1.99. The molecule has 1 aromatic heterocycles. The molecule has 0 spiro atoms. The summed E-state index contributed by atoms with van der Waals surface area (Å²) in [6, 6.07) is 0. The monoisotopic (exact) mass is 137 g/mol. The molecular weight excluding hydrogens is 130 g/mol. The molecule has 0 atom stereocenters. The van der Waals surface area contributed by atoms with Crippen LogP contribution in [0.25, 0.3) is 0 Å². The Kier molecular flexibility index (Phi) is 1.16. The minimum absolute atomic E-state index is 0.605. The highest BCUT2D eigenvalue weighted by atomic mass is 16.5. The molecule has 4 heteroatoms. The van der Waals surface area contributed by atoms with Gasteiger partial charge in [-0.05, 0) is 0 Å². The van der Waals surface area contributed by atoms with Crippen molar-refractivity contribution in [2.75, 3.05) is 18.5 Å². The van der Waals surface area contributed by atoms with Crippen molar-refractivity contribution in [3.05, 3.63) is 12.4 Å². The van der Waals surface area contributed by atoms with Gasteiger partial charge in [0.2, 0.25) is 0 Å². The Morgan fingerprint density at radius 2 is 2.30 bits per heavy atom. The molecule has 2 heterocycles. The minimum Gasteiger partial charge on any atom is -0.473 e. The predicted molar refractivity (Wildman–Crippen MR) is 36.0 cm³/mol. The summed E-state index contributed by atoms with van der Waals surface area (Å²) in [5.41, 5.74) is 0. The quantitative estimate of drug-likeness (QED) is 0.558. The van der Waals surface area contributed by atoms with Crippen molar-refractivity contribution >= 4 is 5.82 Å². The minimum atomic E-state index is 0.605. The second kappa shape index (κ2) is 2.13. The molecule has 0 amide bonds. The largest absolute Gasteiger partial charge is 0.473 e. The number of fused-ring (bicyclic) bond motifs is 1. The van der Waals surface area contributed by atoms with Crippen LogP contribution in [0.15, 0.2) is 12.4 Å². The first-order valence-electron chi connectivity index (χ1n) is 3.14. The first kappa shape index (κ1) is 5.46. The Morgan fingerprint density at radius 1 is 1.40 bits per heavy atom. The van der Waals surface area contributed by atoms with Gasteiger partial charge in [-0.2, -0.15) is 0 Å². The summed E-state index contributed by atoms with van der Waals surface area (Å²) < 4.78 is 5.19. The van der Waals surface area contributed by atoms with Gasteiger partial charge >= 0.3 is 0 Å². The molecule has 2 rings (SSSR count). The Balaban J connectivity index is 2.41. The van der Waals surface area contributed by atoms with Gasteiger partial charge in [0.05, 0.1) is 6.54 Å². The molecule has 0 unspecified atom stereocenters. The number of anilines is 1. The van der Waals surface area contributed by atoms with E-state index in [1.807, 2.05) is 0 Å². The van der Waals surface area contributed by atoms with Crippen LogP contribution in [0, 0.1) is 0 Å². The number of ether oxygens (including phenoxy) is 1. The third-order valence-corrected chi connectivity index (χ3v) is 1.30. The standard InChI is InChI=1S/C6H7N3O/c1-2-9-6-5(7-1)8-3-4-10-6/h1-2H,3-4H2,(H,7,8). The van der Waals surface area contributed by atoms with Crippen molar-refractivity contribution in [2.24, 2.45) is 0 Å². The maximum Gasteiger partial charge on any atom is 0.257 e. The van der Waals surface area contributed by atoms with Crippen molar-refractivity contribution in [3.8, 4) is 5.88 Å². The summed E-state index contributed by atoms with van der Waals surface area (Å²) in [5, 5.41) is 3.06. The number of rotatable bonds is 0. The molecule has 4 nitrogen and oxygen atoms in total. The van der Waals surface area contributed by atoms with Crippen LogP contribution in [-0.2, 0) is 0 Å². The Bertz CT molecular complexity index is 213. The SMILES string of the molecule is c1cnc2c(n1)NCCO2. The third-order valence-electron chi connectivity index (χ3n) is 1.30. The molecule has 1 N–H and O–H groups in total. The summed E-state index contributed by atoms with van der Waals surface area (Å²) in [6.45, 7) is 1.48. The van der Waals surface area contributed by atoms with Gasteiger partial charge in [0, 0.05) is 12.4 Å². The zero-order chi connectivity index (χ0) is 6.81. The first-order chi connectivity index (χ1) is 4.97. The van der Waals surface area contributed by atoms with Crippen LogP contribution >= 0.6 is 0 Å². The summed E-state index contributed by atoms with van der Waals surface area (Å²) in [5.74, 6) is 1.35. The summed E-state index contributed by atoms with van der Waals surface area (Å²) >= 11 is 0. The zero-order valence-electron chi connectivity index (χ0n) is 5.37. The van der Waals surface area contributed by atoms with Gasteiger partial charge in [-0.25, -0.2) is 9.97 Å². The smallest absolute Gasteiger partial charge is 0.257 e. The van der Waals surface area contributed by atoms with Crippen molar-refractivity contribution in [1.29, 1.82) is 0 Å². The Morgan fingerprint density at radius 3 is 3.20 bits per heavy atom. The number of nitrogens with zero attached hydrogens (tertiary/aromatic N) is 2. The average Bonchev–Trinajstić information content (AvgIpc) is 2.05. The van der Waals surface area contributed by atoms with Crippen LogP contribution in [0.5, 0.6) is 5.88 Å². The maximum absolute atomic E-state index is 5.19. The maximum atomic E-state index is 5.19. The van der Waals surface area contributed by atoms with E-state index in [1.54, 1.807) is 12.4 Å². The van der Waals surface area contributed by atoms with Crippen LogP contribution in [0.3, 0.4) is 0 Å². The molecule has 10 heavy (non-hydrogen) atoms. The van der Waals surface area contributed by atoms with Crippen LogP contribution in [0.4, 0.5) is 5.82 Å². The van der Waals surface area contributed by atoms with Crippen molar-refractivity contribution in [2.45, 2.75) is 0 Å². The van der Waals surface area contributed by atoms with E-state index in [2.05, 4.69) is 15.3 Å². The summed E-state index contributed by atoms with van der Waals surface area (Å²) in [4.78, 5) is 7.99. The molecule has 0 aliphatic carbocycles. The fourth-order valence-electron chi connectivity index (χ4n) is 0.869. The number of hydrogen-bond donors (Lipinski definition) is 1. The topological polar surface area (TPSA) is 47.0 Å². The van der Waals surface area contributed by atoms with Gasteiger partial charge in [0.25, 0.3) is 5.88 Å². The number of aromatic nitrogens is 2. The molecule has 0 saturated heterocycles. The fraction of sp³-hybridized carbons (Fsp3) is 0.333. The Hall–Kier alpha value is -1.32. The molecule has 1 aliphatic heterocycles. The lowest BCUT2D eigenvalue weighted by Crippen LogP contribution is -2.19. The molecule has 0 fully saturated rings. The van der Waals surface area contributed by atoms with Gasteiger partial charge in [0.15, 0.2) is 5.82 Å². The van der Waals surface area contributed by atoms with E-state index < -0.39 is 0 Å². The number of hydrogen-bond acceptors (Lipinski definition) is 4. The van der Waals surface area contributed by atoms with Crippen LogP contribution in [0.2, 0.25) is 0 Å². The number of nitrogens with one attached hydrogen (secondary N) is 1. The molecule has 1 aliphatic rings. The van der Waals surface area contributed by atoms with E-state index in [9.17, 15) is 0 Å². The fourth-order valence-corrected chi connectivity index (χ4v) is 0.869. The normalized spacial score (nSPS) is 14.8. The van der Waals surface area contributed by atoms with Gasteiger partial charge in [0.1, 0.15) is 6.61 Å². The van der Waals surface area contributed by atoms with Crippen molar-refractivity contribution in [1.82, 2.24) is 9.97 Å². The highest BCUT2D eigenvalue weighted by Crippen LogP contribution is 2.19. The molecule has 0 bridgehead atoms. The second-order valence-corrected chi connectivity index (χ2v) is 1.99. The van der Waals surface area contributed by atoms with Crippen LogP contribution in [-0.4, -0.2) is 23.1 Å². The van der Waals surface area contributed by atoms with E-state index >= 15 is 0 Å². The van der Waals surface area contributed by atoms with Crippen LogP contribution < -0.4 is 10.1 Å². The van der Waals surface area contributed by atoms with Gasteiger partial charge in [-0.1, -0.05) is 0 Å². The van der Waals surface area contributed by atoms with E-state index in [0.29, 0.717) is 12.5 Å². The van der Waals surface area contributed by atoms with E-state index in [1.165, 1.54) is 0 Å². The van der Waals surface area contributed by atoms with E-state index in [-0.39, 0.29) is 0 Å². The van der Waals surface area contributed by atoms with Crippen LogP contribution in [0.1, 0.15) is 0 Å². The highest BCUT2D eigenvalue weighted by molar-refractivity contribution is 5.45. The van der Waals surface area contributed by atoms with Crippen molar-refractivity contribution in [3.63, 3.8) is 0 Å². The molecular formula is C6H7N3O. The lowest BCUT2D eigenvalue weighted by Gasteiger charge is -2.15. The summed E-state index contributed by atoms with van der Waals surface area (Å²) in [7, 11) is 0. The molecule has 0 radical (unpaired) electrons. The highest BCUT2D eigenvalue weighted by Gasteiger charge is 2.09. The van der Waals surface area contributed by atoms with E-state index in [4.69, 9.17) is 4.74 Å². The Labute approximate surface area is 58.3 Å². The van der Waals surface area contributed by atoms with Gasteiger partial charge in [-0.15, -0.1) is 0 Å². The van der Waals surface area contributed by atoms with Gasteiger partial charge in [-0.3, -0.25) is 0 Å². The predicted octanol–water partition coefficient (Wildman–Crippen LogP) is 0.281. The zero-order valence-corrected chi connectivity index (χ0v) is 5.37. The van der Waals surface area contributed by atoms with E-state index in [0.717, 1.165) is 12.4 Å². The molecule has 52 valence electrons. The lowest BCUT2D eigenvalue weighted by atomic mass is 10.5. The van der Waals surface area contributed by atoms with Crippen molar-refractivity contribution < 1.29 is 4.74 Å².